The quantitative estimate of drug-likeness (QED) is 0.443. The van der Waals surface area contributed by atoms with Crippen molar-refractivity contribution in [3.05, 3.63) is 52.9 Å². The highest BCUT2D eigenvalue weighted by Crippen LogP contribution is 2.24. The number of aromatic nitrogens is 1. The minimum atomic E-state index is 0.637. The molecule has 0 aliphatic carbocycles. The minimum absolute atomic E-state index is 0.637. The van der Waals surface area contributed by atoms with E-state index in [0.717, 1.165) is 34.8 Å². The van der Waals surface area contributed by atoms with E-state index >= 15 is 0 Å². The van der Waals surface area contributed by atoms with Gasteiger partial charge >= 0.3 is 0 Å². The van der Waals surface area contributed by atoms with E-state index in [0.29, 0.717) is 11.9 Å². The third-order valence-electron chi connectivity index (χ3n) is 4.36. The number of pyridine rings is 1. The molecule has 114 valence electrons. The maximum atomic E-state index is 9.56. The molecule has 0 bridgehead atoms. The van der Waals surface area contributed by atoms with E-state index in [4.69, 9.17) is 5.73 Å². The van der Waals surface area contributed by atoms with Crippen LogP contribution in [0.25, 0.3) is 21.8 Å². The fourth-order valence-corrected chi connectivity index (χ4v) is 3.10. The summed E-state index contributed by atoms with van der Waals surface area (Å²) in [5, 5.41) is 15.7. The van der Waals surface area contributed by atoms with Gasteiger partial charge in [-0.1, -0.05) is 35.5 Å². The SMILES string of the molecule is Cc1ccc2c(=NO)c3ccccc3n(CCCN)c2c1C. The van der Waals surface area contributed by atoms with Crippen LogP contribution in [0.3, 0.4) is 0 Å². The zero-order valence-electron chi connectivity index (χ0n) is 13.0. The van der Waals surface area contributed by atoms with Crippen molar-refractivity contribution in [3.63, 3.8) is 0 Å². The third-order valence-corrected chi connectivity index (χ3v) is 4.36. The van der Waals surface area contributed by atoms with Crippen LogP contribution >= 0.6 is 0 Å². The Morgan fingerprint density at radius 2 is 1.86 bits per heavy atom. The van der Waals surface area contributed by atoms with Gasteiger partial charge < -0.3 is 15.5 Å². The second-order valence-corrected chi connectivity index (χ2v) is 5.66. The largest absolute Gasteiger partial charge is 0.410 e. The number of nitrogens with zero attached hydrogens (tertiary/aromatic N) is 2. The Bertz CT molecular complexity index is 909. The standard InChI is InChI=1S/C18H21N3O/c1-12-8-9-15-17(20-22)14-6-3-4-7-16(14)21(11-5-10-19)18(15)13(12)2/h3-4,6-9,22H,5,10-11,19H2,1-2H3. The molecule has 4 nitrogen and oxygen atoms in total. The second-order valence-electron chi connectivity index (χ2n) is 5.66. The highest BCUT2D eigenvalue weighted by molar-refractivity contribution is 5.95. The van der Waals surface area contributed by atoms with Crippen molar-refractivity contribution in [2.24, 2.45) is 10.9 Å². The molecule has 3 aromatic rings. The zero-order chi connectivity index (χ0) is 15.7. The molecular formula is C18H21N3O. The number of aryl methyl sites for hydroxylation is 3. The summed E-state index contributed by atoms with van der Waals surface area (Å²) >= 11 is 0. The Kier molecular flexibility index (Phi) is 3.86. The van der Waals surface area contributed by atoms with Crippen LogP contribution in [0.4, 0.5) is 0 Å². The lowest BCUT2D eigenvalue weighted by Gasteiger charge is -2.18. The first-order valence-electron chi connectivity index (χ1n) is 7.58. The van der Waals surface area contributed by atoms with Crippen LogP contribution in [0.1, 0.15) is 17.5 Å². The number of hydrogen-bond acceptors (Lipinski definition) is 3. The lowest BCUT2D eigenvalue weighted by Crippen LogP contribution is -2.15. The van der Waals surface area contributed by atoms with Gasteiger partial charge in [0, 0.05) is 17.3 Å². The summed E-state index contributed by atoms with van der Waals surface area (Å²) in [4.78, 5) is 0. The summed E-state index contributed by atoms with van der Waals surface area (Å²) in [5.74, 6) is 0. The maximum Gasteiger partial charge on any atom is 0.121 e. The summed E-state index contributed by atoms with van der Waals surface area (Å²) in [6.07, 6.45) is 0.909. The van der Waals surface area contributed by atoms with E-state index in [1.165, 1.54) is 11.1 Å². The number of fused-ring (bicyclic) bond motifs is 2. The van der Waals surface area contributed by atoms with Gasteiger partial charge in [-0.05, 0) is 44.0 Å². The molecule has 4 heteroatoms. The number of benzene rings is 2. The minimum Gasteiger partial charge on any atom is -0.410 e. The molecule has 0 aliphatic rings. The van der Waals surface area contributed by atoms with Gasteiger partial charge in [0.25, 0.3) is 0 Å². The Hall–Kier alpha value is -2.33. The van der Waals surface area contributed by atoms with E-state index in [2.05, 4.69) is 35.7 Å². The van der Waals surface area contributed by atoms with Crippen LogP contribution in [0, 0.1) is 13.8 Å². The number of rotatable bonds is 3. The summed E-state index contributed by atoms with van der Waals surface area (Å²) in [6.45, 7) is 5.73. The molecule has 3 rings (SSSR count). The molecule has 0 amide bonds. The monoisotopic (exact) mass is 295 g/mol. The first kappa shape index (κ1) is 14.6. The fourth-order valence-electron chi connectivity index (χ4n) is 3.10. The molecule has 0 unspecified atom stereocenters. The van der Waals surface area contributed by atoms with Crippen LogP contribution in [0.2, 0.25) is 0 Å². The van der Waals surface area contributed by atoms with Crippen molar-refractivity contribution >= 4 is 21.8 Å². The molecule has 1 aromatic heterocycles. The molecule has 1 heterocycles. The third kappa shape index (κ3) is 2.16. The van der Waals surface area contributed by atoms with Crippen molar-refractivity contribution in [2.45, 2.75) is 26.8 Å². The molecule has 0 radical (unpaired) electrons. The molecule has 0 atom stereocenters. The summed E-state index contributed by atoms with van der Waals surface area (Å²) in [6, 6.07) is 12.2. The van der Waals surface area contributed by atoms with Crippen molar-refractivity contribution in [3.8, 4) is 0 Å². The van der Waals surface area contributed by atoms with Gasteiger partial charge in [-0.2, -0.15) is 0 Å². The molecule has 0 saturated carbocycles. The first-order chi connectivity index (χ1) is 10.7. The van der Waals surface area contributed by atoms with Crippen LogP contribution in [0.5, 0.6) is 0 Å². The second kappa shape index (κ2) is 5.81. The topological polar surface area (TPSA) is 63.5 Å². The zero-order valence-corrected chi connectivity index (χ0v) is 13.0. The van der Waals surface area contributed by atoms with E-state index < -0.39 is 0 Å². The highest BCUT2D eigenvalue weighted by Gasteiger charge is 2.12. The molecule has 0 spiro atoms. The van der Waals surface area contributed by atoms with Crippen molar-refractivity contribution in [1.29, 1.82) is 0 Å². The van der Waals surface area contributed by atoms with Gasteiger partial charge in [0.15, 0.2) is 0 Å². The molecule has 2 aromatic carbocycles. The first-order valence-corrected chi connectivity index (χ1v) is 7.58. The average molecular weight is 295 g/mol. The van der Waals surface area contributed by atoms with Crippen LogP contribution in [-0.4, -0.2) is 16.3 Å². The normalized spacial score (nSPS) is 12.4. The molecular weight excluding hydrogens is 274 g/mol. The lowest BCUT2D eigenvalue weighted by molar-refractivity contribution is 0.303. The Balaban J connectivity index is 2.58. The Morgan fingerprint density at radius 1 is 1.09 bits per heavy atom. The number of nitrogens with two attached hydrogens (primary N) is 1. The predicted octanol–water partition coefficient (Wildman–Crippen LogP) is 3.05. The summed E-state index contributed by atoms with van der Waals surface area (Å²) < 4.78 is 2.30. The Labute approximate surface area is 129 Å². The summed E-state index contributed by atoms with van der Waals surface area (Å²) in [5.41, 5.74) is 10.4. The van der Waals surface area contributed by atoms with E-state index in [1.54, 1.807) is 0 Å². The van der Waals surface area contributed by atoms with Crippen molar-refractivity contribution in [2.75, 3.05) is 6.54 Å². The summed E-state index contributed by atoms with van der Waals surface area (Å²) in [7, 11) is 0. The molecule has 0 fully saturated rings. The van der Waals surface area contributed by atoms with Gasteiger partial charge in [0.05, 0.1) is 11.0 Å². The Morgan fingerprint density at radius 3 is 2.59 bits per heavy atom. The molecule has 22 heavy (non-hydrogen) atoms. The van der Waals surface area contributed by atoms with Crippen molar-refractivity contribution in [1.82, 2.24) is 4.57 Å². The lowest BCUT2D eigenvalue weighted by atomic mass is 10.0. The van der Waals surface area contributed by atoms with Gasteiger partial charge in [-0.3, -0.25) is 0 Å². The fraction of sp³-hybridized carbons (Fsp3) is 0.278. The highest BCUT2D eigenvalue weighted by atomic mass is 16.4. The molecule has 3 N–H and O–H groups in total. The van der Waals surface area contributed by atoms with Gasteiger partial charge in [-0.15, -0.1) is 0 Å². The predicted molar refractivity (Wildman–Crippen MR) is 89.9 cm³/mol. The smallest absolute Gasteiger partial charge is 0.121 e. The number of hydrogen-bond donors (Lipinski definition) is 2. The van der Waals surface area contributed by atoms with E-state index in [1.807, 2.05) is 24.3 Å². The van der Waals surface area contributed by atoms with Crippen LogP contribution in [-0.2, 0) is 6.54 Å². The van der Waals surface area contributed by atoms with Crippen LogP contribution < -0.4 is 11.1 Å². The van der Waals surface area contributed by atoms with Crippen LogP contribution in [0.15, 0.2) is 41.6 Å². The molecule has 0 aliphatic heterocycles. The van der Waals surface area contributed by atoms with E-state index in [9.17, 15) is 5.21 Å². The van der Waals surface area contributed by atoms with Gasteiger partial charge in [0.2, 0.25) is 0 Å². The molecule has 0 saturated heterocycles. The van der Waals surface area contributed by atoms with E-state index in [-0.39, 0.29) is 0 Å². The van der Waals surface area contributed by atoms with Gasteiger partial charge in [0.1, 0.15) is 5.36 Å². The van der Waals surface area contributed by atoms with Gasteiger partial charge in [-0.25, -0.2) is 0 Å². The maximum absolute atomic E-state index is 9.56. The van der Waals surface area contributed by atoms with Crippen molar-refractivity contribution < 1.29 is 5.21 Å². The average Bonchev–Trinajstić information content (AvgIpc) is 2.55. The number of para-hydroxylation sites is 1.